The minimum atomic E-state index is 0.461. The minimum Gasteiger partial charge on any atom is -0.501 e. The molecule has 0 saturated carbocycles. The Hall–Kier alpha value is -2.24. The van der Waals surface area contributed by atoms with Crippen molar-refractivity contribution in [3.05, 3.63) is 57.3 Å². The summed E-state index contributed by atoms with van der Waals surface area (Å²) in [5, 5.41) is 4.20. The molecule has 1 heterocycles. The van der Waals surface area contributed by atoms with Crippen LogP contribution in [0.15, 0.2) is 36.0 Å². The summed E-state index contributed by atoms with van der Waals surface area (Å²) in [6, 6.07) is 5.29. The summed E-state index contributed by atoms with van der Waals surface area (Å²) >= 11 is 12.1. The minimum absolute atomic E-state index is 0.461. The summed E-state index contributed by atoms with van der Waals surface area (Å²) < 4.78 is 10.8. The van der Waals surface area contributed by atoms with Gasteiger partial charge in [-0.1, -0.05) is 23.2 Å². The normalized spacial score (nSPS) is 12.1. The third-order valence-corrected chi connectivity index (χ3v) is 4.22. The molecule has 0 amide bonds. The van der Waals surface area contributed by atoms with E-state index < -0.39 is 0 Å². The average molecular weight is 394 g/mol. The molecule has 0 atom stereocenters. The molecule has 26 heavy (non-hydrogen) atoms. The fourth-order valence-corrected chi connectivity index (χ4v) is 2.50. The van der Waals surface area contributed by atoms with Gasteiger partial charge >= 0.3 is 0 Å². The molecule has 1 aromatic heterocycles. The van der Waals surface area contributed by atoms with Crippen molar-refractivity contribution in [3.63, 3.8) is 0 Å². The first-order valence-electron chi connectivity index (χ1n) is 8.05. The van der Waals surface area contributed by atoms with E-state index in [4.69, 9.17) is 32.7 Å². The van der Waals surface area contributed by atoms with Crippen LogP contribution in [-0.4, -0.2) is 23.7 Å². The summed E-state index contributed by atoms with van der Waals surface area (Å²) in [7, 11) is 1.61. The molecule has 0 fully saturated rings. The van der Waals surface area contributed by atoms with Gasteiger partial charge in [0.05, 0.1) is 41.0 Å². The third-order valence-electron chi connectivity index (χ3n) is 3.48. The number of nitrogens with zero attached hydrogens (tertiary/aromatic N) is 2. The average Bonchev–Trinajstić information content (AvgIpc) is 2.61. The second-order valence-corrected chi connectivity index (χ2v) is 6.24. The van der Waals surface area contributed by atoms with E-state index in [1.54, 1.807) is 19.2 Å². The Kier molecular flexibility index (Phi) is 7.30. The highest BCUT2D eigenvalue weighted by molar-refractivity contribution is 6.42. The zero-order valence-corrected chi connectivity index (χ0v) is 16.6. The number of hydrogen-bond acceptors (Lipinski definition) is 5. The Bertz CT molecular complexity index is 836. The first kappa shape index (κ1) is 20.1. The Labute approximate surface area is 163 Å². The zero-order valence-electron chi connectivity index (χ0n) is 15.1. The van der Waals surface area contributed by atoms with Gasteiger partial charge in [0.25, 0.3) is 0 Å². The van der Waals surface area contributed by atoms with Crippen molar-refractivity contribution in [2.24, 2.45) is 0 Å². The standard InChI is InChI=1S/C19H21Cl2N3O2/c1-5-26-13(3)9-18-15(8-12(2)25-4)19(23-11-22-18)24-14-6-7-16(20)17(21)10-14/h6-11H,5H2,1-4H3,(H,22,23,24)/b12-8+,13-9+. The molecule has 0 saturated heterocycles. The van der Waals surface area contributed by atoms with Crippen LogP contribution >= 0.6 is 23.2 Å². The lowest BCUT2D eigenvalue weighted by Gasteiger charge is -2.12. The van der Waals surface area contributed by atoms with Crippen molar-refractivity contribution < 1.29 is 9.47 Å². The second kappa shape index (κ2) is 9.46. The van der Waals surface area contributed by atoms with Crippen LogP contribution in [0, 0.1) is 0 Å². The number of ether oxygens (including phenoxy) is 2. The first-order valence-corrected chi connectivity index (χ1v) is 8.80. The van der Waals surface area contributed by atoms with Gasteiger partial charge in [0.15, 0.2) is 0 Å². The molecule has 5 nitrogen and oxygen atoms in total. The van der Waals surface area contributed by atoms with E-state index in [1.807, 2.05) is 39.0 Å². The highest BCUT2D eigenvalue weighted by Gasteiger charge is 2.11. The smallest absolute Gasteiger partial charge is 0.141 e. The molecule has 0 aliphatic heterocycles. The summed E-state index contributed by atoms with van der Waals surface area (Å²) in [5.74, 6) is 2.10. The number of anilines is 2. The monoisotopic (exact) mass is 393 g/mol. The van der Waals surface area contributed by atoms with Gasteiger partial charge < -0.3 is 14.8 Å². The quantitative estimate of drug-likeness (QED) is 0.590. The summed E-state index contributed by atoms with van der Waals surface area (Å²) in [6.45, 7) is 6.27. The molecule has 1 N–H and O–H groups in total. The molecule has 0 spiro atoms. The number of nitrogens with one attached hydrogen (secondary N) is 1. The van der Waals surface area contributed by atoms with Crippen molar-refractivity contribution in [2.75, 3.05) is 19.0 Å². The summed E-state index contributed by atoms with van der Waals surface area (Å²) in [6.07, 6.45) is 5.22. The van der Waals surface area contributed by atoms with Crippen LogP contribution in [0.5, 0.6) is 0 Å². The number of methoxy groups -OCH3 is 1. The highest BCUT2D eigenvalue weighted by Crippen LogP contribution is 2.29. The number of hydrogen-bond donors (Lipinski definition) is 1. The van der Waals surface area contributed by atoms with E-state index in [0.29, 0.717) is 28.2 Å². The van der Waals surface area contributed by atoms with Crippen LogP contribution in [0.3, 0.4) is 0 Å². The largest absolute Gasteiger partial charge is 0.501 e. The van der Waals surface area contributed by atoms with Crippen molar-refractivity contribution in [1.29, 1.82) is 0 Å². The van der Waals surface area contributed by atoms with Crippen LogP contribution < -0.4 is 5.32 Å². The van der Waals surface area contributed by atoms with Crippen LogP contribution in [-0.2, 0) is 9.47 Å². The van der Waals surface area contributed by atoms with Gasteiger partial charge in [-0.2, -0.15) is 0 Å². The van der Waals surface area contributed by atoms with E-state index in [1.165, 1.54) is 6.33 Å². The van der Waals surface area contributed by atoms with Gasteiger partial charge in [-0.15, -0.1) is 0 Å². The van der Waals surface area contributed by atoms with Gasteiger partial charge in [-0.25, -0.2) is 9.97 Å². The maximum atomic E-state index is 6.10. The van der Waals surface area contributed by atoms with Crippen molar-refractivity contribution >= 4 is 46.9 Å². The molecule has 7 heteroatoms. The topological polar surface area (TPSA) is 56.3 Å². The summed E-state index contributed by atoms with van der Waals surface area (Å²) in [5.41, 5.74) is 2.25. The Balaban J connectivity index is 2.50. The van der Waals surface area contributed by atoms with Crippen LogP contribution in [0.1, 0.15) is 32.0 Å². The molecule has 138 valence electrons. The first-order chi connectivity index (χ1) is 12.4. The number of aromatic nitrogens is 2. The molecule has 0 bridgehead atoms. The number of halogens is 2. The SMILES string of the molecule is CCO/C(C)=C/c1ncnc(Nc2ccc(Cl)c(Cl)c2)c1/C=C(\C)OC. The lowest BCUT2D eigenvalue weighted by Crippen LogP contribution is -2.01. The predicted molar refractivity (Wildman–Crippen MR) is 108 cm³/mol. The molecule has 1 aromatic carbocycles. The second-order valence-electron chi connectivity index (χ2n) is 5.42. The Morgan fingerprint density at radius 1 is 1.12 bits per heavy atom. The third kappa shape index (κ3) is 5.38. The van der Waals surface area contributed by atoms with Crippen LogP contribution in [0.25, 0.3) is 12.2 Å². The maximum Gasteiger partial charge on any atom is 0.141 e. The van der Waals surface area contributed by atoms with E-state index >= 15 is 0 Å². The van der Waals surface area contributed by atoms with Gasteiger partial charge in [0, 0.05) is 17.3 Å². The van der Waals surface area contributed by atoms with E-state index in [-0.39, 0.29) is 0 Å². The van der Waals surface area contributed by atoms with Crippen LogP contribution in [0.4, 0.5) is 11.5 Å². The van der Waals surface area contributed by atoms with E-state index in [9.17, 15) is 0 Å². The molecular weight excluding hydrogens is 373 g/mol. The number of rotatable bonds is 7. The maximum absolute atomic E-state index is 6.10. The number of allylic oxidation sites excluding steroid dienone is 2. The Morgan fingerprint density at radius 2 is 1.88 bits per heavy atom. The number of benzene rings is 1. The van der Waals surface area contributed by atoms with E-state index in [2.05, 4.69) is 15.3 Å². The fourth-order valence-electron chi connectivity index (χ4n) is 2.20. The zero-order chi connectivity index (χ0) is 19.1. The molecule has 0 unspecified atom stereocenters. The molecule has 2 aromatic rings. The van der Waals surface area contributed by atoms with Gasteiger partial charge in [-0.3, -0.25) is 0 Å². The molecule has 0 radical (unpaired) electrons. The van der Waals surface area contributed by atoms with Crippen LogP contribution in [0.2, 0.25) is 10.0 Å². The highest BCUT2D eigenvalue weighted by atomic mass is 35.5. The van der Waals surface area contributed by atoms with Crippen molar-refractivity contribution in [3.8, 4) is 0 Å². The lowest BCUT2D eigenvalue weighted by atomic mass is 10.1. The predicted octanol–water partition coefficient (Wildman–Crippen LogP) is 5.93. The lowest BCUT2D eigenvalue weighted by molar-refractivity contribution is 0.235. The van der Waals surface area contributed by atoms with Crippen molar-refractivity contribution in [1.82, 2.24) is 9.97 Å². The Morgan fingerprint density at radius 3 is 2.54 bits per heavy atom. The van der Waals surface area contributed by atoms with E-state index in [0.717, 1.165) is 22.8 Å². The molecule has 0 aliphatic rings. The fraction of sp³-hybridized carbons (Fsp3) is 0.263. The molecular formula is C19H21Cl2N3O2. The van der Waals surface area contributed by atoms with Gasteiger partial charge in [0.1, 0.15) is 12.1 Å². The van der Waals surface area contributed by atoms with Gasteiger partial charge in [0.2, 0.25) is 0 Å². The molecule has 2 rings (SSSR count). The van der Waals surface area contributed by atoms with Crippen molar-refractivity contribution in [2.45, 2.75) is 20.8 Å². The van der Waals surface area contributed by atoms with Gasteiger partial charge in [-0.05, 0) is 45.0 Å². The molecule has 0 aliphatic carbocycles. The summed E-state index contributed by atoms with van der Waals surface area (Å²) in [4.78, 5) is 8.73.